The van der Waals surface area contributed by atoms with Gasteiger partial charge in [0.25, 0.3) is 0 Å². The smallest absolute Gasteiger partial charge is 0.00695 e. The average Bonchev–Trinajstić information content (AvgIpc) is 2.14. The van der Waals surface area contributed by atoms with Crippen LogP contribution in [0.2, 0.25) is 0 Å². The molecule has 1 aliphatic carbocycles. The molecule has 0 bridgehead atoms. The molecule has 0 atom stereocenters. The van der Waals surface area contributed by atoms with Gasteiger partial charge in [-0.3, -0.25) is 0 Å². The Balaban J connectivity index is 2.14. The molecule has 0 aliphatic heterocycles. The first-order valence-electron chi connectivity index (χ1n) is 3.04. The minimum Gasteiger partial charge on any atom is -0.179 e. The van der Waals surface area contributed by atoms with E-state index in [2.05, 4.69) is 12.6 Å². The van der Waals surface area contributed by atoms with Gasteiger partial charge < -0.3 is 0 Å². The Kier molecular flexibility index (Phi) is 2.04. The summed E-state index contributed by atoms with van der Waals surface area (Å²) in [7, 11) is 0. The lowest BCUT2D eigenvalue weighted by molar-refractivity contribution is 0.625. The fourth-order valence-electron chi connectivity index (χ4n) is 1.19. The van der Waals surface area contributed by atoms with Gasteiger partial charge in [0.05, 0.1) is 0 Å². The molecular weight excluding hydrogens is 104 g/mol. The van der Waals surface area contributed by atoms with E-state index in [4.69, 9.17) is 0 Å². The van der Waals surface area contributed by atoms with E-state index in [-0.39, 0.29) is 0 Å². The van der Waals surface area contributed by atoms with Crippen molar-refractivity contribution in [3.63, 3.8) is 0 Å². The van der Waals surface area contributed by atoms with E-state index in [1.165, 1.54) is 25.7 Å². The highest BCUT2D eigenvalue weighted by atomic mass is 32.1. The van der Waals surface area contributed by atoms with Crippen molar-refractivity contribution >= 4 is 12.6 Å². The zero-order chi connectivity index (χ0) is 5.11. The molecule has 1 saturated carbocycles. The third-order valence-electron chi connectivity index (χ3n) is 1.73. The maximum absolute atomic E-state index is 4.22. The number of hydrogen-bond donors (Lipinski definition) is 1. The predicted octanol–water partition coefficient (Wildman–Crippen LogP) is 2.11. The molecule has 0 saturated heterocycles. The van der Waals surface area contributed by atoms with Gasteiger partial charge >= 0.3 is 0 Å². The number of thiol groups is 1. The van der Waals surface area contributed by atoms with E-state index in [1.807, 2.05) is 0 Å². The van der Waals surface area contributed by atoms with E-state index in [0.717, 1.165) is 11.7 Å². The zero-order valence-corrected chi connectivity index (χ0v) is 5.45. The molecule has 0 unspecified atom stereocenters. The van der Waals surface area contributed by atoms with E-state index in [9.17, 15) is 0 Å². The van der Waals surface area contributed by atoms with Crippen molar-refractivity contribution in [2.75, 3.05) is 5.75 Å². The molecule has 42 valence electrons. The second kappa shape index (κ2) is 2.61. The Morgan fingerprint density at radius 1 is 1.29 bits per heavy atom. The third-order valence-corrected chi connectivity index (χ3v) is 2.25. The van der Waals surface area contributed by atoms with Gasteiger partial charge in [-0.25, -0.2) is 0 Å². The Morgan fingerprint density at radius 2 is 1.86 bits per heavy atom. The van der Waals surface area contributed by atoms with Crippen LogP contribution in [0.4, 0.5) is 0 Å². The summed E-state index contributed by atoms with van der Waals surface area (Å²) >= 11 is 4.22. The lowest BCUT2D eigenvalue weighted by Crippen LogP contribution is -1.91. The van der Waals surface area contributed by atoms with Crippen molar-refractivity contribution in [2.45, 2.75) is 25.7 Å². The molecule has 1 aliphatic rings. The first-order chi connectivity index (χ1) is 3.43. The predicted molar refractivity (Wildman–Crippen MR) is 35.8 cm³/mol. The quantitative estimate of drug-likeness (QED) is 0.498. The van der Waals surface area contributed by atoms with Gasteiger partial charge in [-0.05, 0) is 24.5 Å². The molecule has 7 heavy (non-hydrogen) atoms. The van der Waals surface area contributed by atoms with Crippen molar-refractivity contribution in [1.29, 1.82) is 0 Å². The van der Waals surface area contributed by atoms with Gasteiger partial charge in [-0.2, -0.15) is 12.6 Å². The summed E-state index contributed by atoms with van der Waals surface area (Å²) in [4.78, 5) is 0. The van der Waals surface area contributed by atoms with Crippen LogP contribution in [0, 0.1) is 5.92 Å². The minimum atomic E-state index is 0.961. The normalized spacial score (nSPS) is 23.6. The standard InChI is InChI=1S/C6H12S/c7-5-6-3-1-2-4-6/h6-7H,1-5H2. The van der Waals surface area contributed by atoms with Crippen molar-refractivity contribution in [3.05, 3.63) is 0 Å². The maximum atomic E-state index is 4.22. The fraction of sp³-hybridized carbons (Fsp3) is 1.00. The third kappa shape index (κ3) is 1.37. The summed E-state index contributed by atoms with van der Waals surface area (Å²) in [6, 6.07) is 0. The van der Waals surface area contributed by atoms with Crippen LogP contribution < -0.4 is 0 Å². The molecule has 0 aromatic heterocycles. The summed E-state index contributed by atoms with van der Waals surface area (Å²) in [5, 5.41) is 0. The van der Waals surface area contributed by atoms with E-state index in [1.54, 1.807) is 0 Å². The highest BCUT2D eigenvalue weighted by molar-refractivity contribution is 7.80. The second-order valence-corrected chi connectivity index (χ2v) is 2.70. The van der Waals surface area contributed by atoms with E-state index in [0.29, 0.717) is 0 Å². The van der Waals surface area contributed by atoms with Crippen molar-refractivity contribution < 1.29 is 0 Å². The first kappa shape index (κ1) is 5.49. The molecular formula is C6H12S. The minimum absolute atomic E-state index is 0.961. The molecule has 1 heteroatoms. The molecule has 0 heterocycles. The van der Waals surface area contributed by atoms with Gasteiger partial charge in [0.1, 0.15) is 0 Å². The molecule has 1 rings (SSSR count). The number of hydrogen-bond acceptors (Lipinski definition) is 1. The van der Waals surface area contributed by atoms with Gasteiger partial charge in [0, 0.05) is 0 Å². The lowest BCUT2D eigenvalue weighted by Gasteiger charge is -1.99. The highest BCUT2D eigenvalue weighted by Gasteiger charge is 2.11. The molecule has 0 radical (unpaired) electrons. The monoisotopic (exact) mass is 116 g/mol. The summed E-state index contributed by atoms with van der Waals surface area (Å²) < 4.78 is 0. The topological polar surface area (TPSA) is 0 Å². The van der Waals surface area contributed by atoms with Crippen LogP contribution in [-0.4, -0.2) is 5.75 Å². The summed E-state index contributed by atoms with van der Waals surface area (Å²) in [5.74, 6) is 2.07. The Morgan fingerprint density at radius 3 is 2.14 bits per heavy atom. The Bertz CT molecular complexity index is 46.1. The van der Waals surface area contributed by atoms with Crippen LogP contribution in [0.3, 0.4) is 0 Å². The fourth-order valence-corrected chi connectivity index (χ4v) is 1.56. The van der Waals surface area contributed by atoms with Crippen LogP contribution in [0.25, 0.3) is 0 Å². The van der Waals surface area contributed by atoms with Crippen LogP contribution >= 0.6 is 12.6 Å². The van der Waals surface area contributed by atoms with Gasteiger partial charge in [-0.15, -0.1) is 0 Å². The Labute approximate surface area is 50.7 Å². The Hall–Kier alpha value is 0.350. The van der Waals surface area contributed by atoms with Crippen molar-refractivity contribution in [3.8, 4) is 0 Å². The summed E-state index contributed by atoms with van der Waals surface area (Å²) in [5.41, 5.74) is 0. The lowest BCUT2D eigenvalue weighted by atomic mass is 10.1. The van der Waals surface area contributed by atoms with Gasteiger partial charge in [0.2, 0.25) is 0 Å². The average molecular weight is 116 g/mol. The van der Waals surface area contributed by atoms with Crippen LogP contribution in [0.15, 0.2) is 0 Å². The molecule has 0 amide bonds. The first-order valence-corrected chi connectivity index (χ1v) is 3.67. The van der Waals surface area contributed by atoms with Gasteiger partial charge in [0.15, 0.2) is 0 Å². The SMILES string of the molecule is SCC1CCCC1. The maximum Gasteiger partial charge on any atom is -0.00695 e. The summed E-state index contributed by atoms with van der Waals surface area (Å²) in [6.07, 6.45) is 5.77. The molecule has 0 nitrogen and oxygen atoms in total. The van der Waals surface area contributed by atoms with E-state index < -0.39 is 0 Å². The molecule has 1 fully saturated rings. The zero-order valence-electron chi connectivity index (χ0n) is 4.56. The molecule has 0 spiro atoms. The van der Waals surface area contributed by atoms with Crippen LogP contribution in [-0.2, 0) is 0 Å². The second-order valence-electron chi connectivity index (χ2n) is 2.33. The molecule has 0 N–H and O–H groups in total. The van der Waals surface area contributed by atoms with Crippen molar-refractivity contribution in [1.82, 2.24) is 0 Å². The van der Waals surface area contributed by atoms with Crippen molar-refractivity contribution in [2.24, 2.45) is 5.92 Å². The van der Waals surface area contributed by atoms with E-state index >= 15 is 0 Å². The number of rotatable bonds is 1. The molecule has 0 aromatic rings. The van der Waals surface area contributed by atoms with Gasteiger partial charge in [-0.1, -0.05) is 12.8 Å². The van der Waals surface area contributed by atoms with Crippen LogP contribution in [0.1, 0.15) is 25.7 Å². The largest absolute Gasteiger partial charge is 0.179 e. The highest BCUT2D eigenvalue weighted by Crippen LogP contribution is 2.24. The molecule has 0 aromatic carbocycles. The summed E-state index contributed by atoms with van der Waals surface area (Å²) in [6.45, 7) is 0. The van der Waals surface area contributed by atoms with Crippen LogP contribution in [0.5, 0.6) is 0 Å².